The Morgan fingerprint density at radius 3 is 2.62 bits per heavy atom. The van der Waals surface area contributed by atoms with Crippen LogP contribution >= 0.6 is 11.8 Å². The Morgan fingerprint density at radius 2 is 1.92 bits per heavy atom. The normalized spacial score (nSPS) is 8.23. The van der Waals surface area contributed by atoms with Crippen molar-refractivity contribution in [1.82, 2.24) is 0 Å². The minimum Gasteiger partial charge on any atom is -0.136 e. The molecule has 0 fully saturated rings. The van der Waals surface area contributed by atoms with E-state index in [1.165, 1.54) is 0 Å². The fourth-order valence-electron chi connectivity index (χ4n) is 0.821. The number of benzene rings is 1. The van der Waals surface area contributed by atoms with Gasteiger partial charge in [0.05, 0.1) is 11.5 Å². The van der Waals surface area contributed by atoms with E-state index in [4.69, 9.17) is 6.42 Å². The van der Waals surface area contributed by atoms with Gasteiger partial charge in [-0.1, -0.05) is 36.0 Å². The maximum absolute atomic E-state index is 5.10. The van der Waals surface area contributed by atoms with E-state index in [0.717, 1.165) is 17.1 Å². The van der Waals surface area contributed by atoms with E-state index in [2.05, 4.69) is 17.8 Å². The molecule has 0 radical (unpaired) electrons. The Balaban J connectivity index is 2.37. The standard InChI is InChI=1S/C12H10S/c1-2-10-13-11-6-9-12-7-4-3-5-8-12/h1,3-5,7-8H,10-11H2. The van der Waals surface area contributed by atoms with Crippen LogP contribution in [-0.2, 0) is 0 Å². The van der Waals surface area contributed by atoms with Crippen molar-refractivity contribution in [3.8, 4) is 24.2 Å². The van der Waals surface area contributed by atoms with Gasteiger partial charge in [0.15, 0.2) is 0 Å². The summed E-state index contributed by atoms with van der Waals surface area (Å²) in [5.41, 5.74) is 1.06. The molecule has 0 unspecified atom stereocenters. The van der Waals surface area contributed by atoms with Crippen LogP contribution in [0.2, 0.25) is 0 Å². The van der Waals surface area contributed by atoms with Crippen LogP contribution in [0.25, 0.3) is 0 Å². The predicted octanol–water partition coefficient (Wildman–Crippen LogP) is 2.40. The lowest BCUT2D eigenvalue weighted by Crippen LogP contribution is -1.76. The van der Waals surface area contributed by atoms with E-state index in [1.807, 2.05) is 30.3 Å². The van der Waals surface area contributed by atoms with Crippen molar-refractivity contribution < 1.29 is 0 Å². The van der Waals surface area contributed by atoms with Gasteiger partial charge in [-0.2, -0.15) is 0 Å². The van der Waals surface area contributed by atoms with E-state index < -0.39 is 0 Å². The number of terminal acetylenes is 1. The van der Waals surface area contributed by atoms with Gasteiger partial charge < -0.3 is 0 Å². The second-order valence-corrected chi connectivity index (χ2v) is 3.35. The number of hydrogen-bond donors (Lipinski definition) is 0. The van der Waals surface area contributed by atoms with E-state index in [-0.39, 0.29) is 0 Å². The van der Waals surface area contributed by atoms with E-state index in [9.17, 15) is 0 Å². The molecule has 0 bridgehead atoms. The summed E-state index contributed by atoms with van der Waals surface area (Å²) in [7, 11) is 0. The quantitative estimate of drug-likeness (QED) is 0.505. The van der Waals surface area contributed by atoms with Gasteiger partial charge >= 0.3 is 0 Å². The van der Waals surface area contributed by atoms with Gasteiger partial charge in [0, 0.05) is 5.56 Å². The molecule has 0 nitrogen and oxygen atoms in total. The molecule has 1 rings (SSSR count). The van der Waals surface area contributed by atoms with Gasteiger partial charge in [-0.3, -0.25) is 0 Å². The predicted molar refractivity (Wildman–Crippen MR) is 59.5 cm³/mol. The molecule has 0 amide bonds. The summed E-state index contributed by atoms with van der Waals surface area (Å²) in [6, 6.07) is 9.95. The highest BCUT2D eigenvalue weighted by Crippen LogP contribution is 1.97. The zero-order valence-electron chi connectivity index (χ0n) is 7.29. The Hall–Kier alpha value is -1.31. The summed E-state index contributed by atoms with van der Waals surface area (Å²) in [6.07, 6.45) is 5.10. The van der Waals surface area contributed by atoms with Crippen LogP contribution in [0.3, 0.4) is 0 Å². The van der Waals surface area contributed by atoms with Gasteiger partial charge in [0.1, 0.15) is 0 Å². The lowest BCUT2D eigenvalue weighted by Gasteiger charge is -1.87. The van der Waals surface area contributed by atoms with E-state index >= 15 is 0 Å². The molecule has 0 aliphatic heterocycles. The molecule has 0 saturated carbocycles. The van der Waals surface area contributed by atoms with E-state index in [0.29, 0.717) is 0 Å². The van der Waals surface area contributed by atoms with Crippen LogP contribution in [0.5, 0.6) is 0 Å². The fourth-order valence-corrected chi connectivity index (χ4v) is 1.21. The van der Waals surface area contributed by atoms with Crippen molar-refractivity contribution in [1.29, 1.82) is 0 Å². The first kappa shape index (κ1) is 9.78. The minimum absolute atomic E-state index is 0.740. The van der Waals surface area contributed by atoms with Crippen LogP contribution in [-0.4, -0.2) is 11.5 Å². The first-order chi connectivity index (χ1) is 6.43. The molecule has 0 spiro atoms. The Kier molecular flexibility index (Phi) is 4.69. The Morgan fingerprint density at radius 1 is 1.15 bits per heavy atom. The molecule has 0 heterocycles. The van der Waals surface area contributed by atoms with Gasteiger partial charge in [-0.15, -0.1) is 18.2 Å². The lowest BCUT2D eigenvalue weighted by atomic mass is 10.2. The molecule has 1 aromatic rings. The molecule has 0 aliphatic carbocycles. The fraction of sp³-hybridized carbons (Fsp3) is 0.167. The van der Waals surface area contributed by atoms with Crippen molar-refractivity contribution in [2.75, 3.05) is 11.5 Å². The van der Waals surface area contributed by atoms with Crippen LogP contribution in [0.4, 0.5) is 0 Å². The minimum atomic E-state index is 0.740. The van der Waals surface area contributed by atoms with Gasteiger partial charge in [-0.25, -0.2) is 0 Å². The van der Waals surface area contributed by atoms with Crippen molar-refractivity contribution in [3.63, 3.8) is 0 Å². The first-order valence-corrected chi connectivity index (χ1v) is 5.14. The van der Waals surface area contributed by atoms with Gasteiger partial charge in [0.2, 0.25) is 0 Å². The summed E-state index contributed by atoms with van der Waals surface area (Å²) in [4.78, 5) is 0. The third kappa shape index (κ3) is 4.31. The monoisotopic (exact) mass is 186 g/mol. The highest BCUT2D eigenvalue weighted by Gasteiger charge is 1.81. The van der Waals surface area contributed by atoms with Crippen LogP contribution in [0.1, 0.15) is 5.56 Å². The first-order valence-electron chi connectivity index (χ1n) is 3.98. The molecule has 0 aliphatic rings. The smallest absolute Gasteiger partial charge is 0.0560 e. The Bertz CT molecular complexity index is 335. The molecule has 0 aromatic heterocycles. The largest absolute Gasteiger partial charge is 0.136 e. The second kappa shape index (κ2) is 6.23. The molecule has 0 atom stereocenters. The molecule has 1 heteroatoms. The average molecular weight is 186 g/mol. The second-order valence-electron chi connectivity index (χ2n) is 2.36. The van der Waals surface area contributed by atoms with Gasteiger partial charge in [0.25, 0.3) is 0 Å². The lowest BCUT2D eigenvalue weighted by molar-refractivity contribution is 1.64. The van der Waals surface area contributed by atoms with Gasteiger partial charge in [-0.05, 0) is 12.1 Å². The average Bonchev–Trinajstić information content (AvgIpc) is 2.19. The summed E-state index contributed by atoms with van der Waals surface area (Å²) in [5, 5.41) is 0. The third-order valence-electron chi connectivity index (χ3n) is 1.37. The number of thioether (sulfide) groups is 1. The molecule has 13 heavy (non-hydrogen) atoms. The van der Waals surface area contributed by atoms with Crippen LogP contribution in [0, 0.1) is 24.2 Å². The number of hydrogen-bond acceptors (Lipinski definition) is 1. The highest BCUT2D eigenvalue weighted by molar-refractivity contribution is 7.99. The zero-order chi connectivity index (χ0) is 9.36. The van der Waals surface area contributed by atoms with Crippen LogP contribution in [0.15, 0.2) is 30.3 Å². The summed E-state index contributed by atoms with van der Waals surface area (Å²) in [6.45, 7) is 0. The molecule has 64 valence electrons. The number of rotatable bonds is 2. The SMILES string of the molecule is C#CCSCC#Cc1ccccc1. The summed E-state index contributed by atoms with van der Waals surface area (Å²) in [5.74, 6) is 10.2. The summed E-state index contributed by atoms with van der Waals surface area (Å²) < 4.78 is 0. The van der Waals surface area contributed by atoms with Crippen LogP contribution < -0.4 is 0 Å². The zero-order valence-corrected chi connectivity index (χ0v) is 8.10. The molecule has 1 aromatic carbocycles. The van der Waals surface area contributed by atoms with Crippen molar-refractivity contribution in [2.45, 2.75) is 0 Å². The maximum atomic E-state index is 5.10. The molecule has 0 N–H and O–H groups in total. The molecular weight excluding hydrogens is 176 g/mol. The van der Waals surface area contributed by atoms with Crippen molar-refractivity contribution >= 4 is 11.8 Å². The Labute approximate surface area is 83.7 Å². The summed E-state index contributed by atoms with van der Waals surface area (Å²) >= 11 is 1.66. The van der Waals surface area contributed by atoms with Crippen molar-refractivity contribution in [2.24, 2.45) is 0 Å². The topological polar surface area (TPSA) is 0 Å². The molecule has 0 saturated heterocycles. The maximum Gasteiger partial charge on any atom is 0.0560 e. The molecular formula is C12H10S. The van der Waals surface area contributed by atoms with E-state index in [1.54, 1.807) is 11.8 Å². The third-order valence-corrected chi connectivity index (χ3v) is 2.09. The highest BCUT2D eigenvalue weighted by atomic mass is 32.2. The van der Waals surface area contributed by atoms with Crippen molar-refractivity contribution in [3.05, 3.63) is 35.9 Å².